The van der Waals surface area contributed by atoms with Crippen LogP contribution in [0.25, 0.3) is 10.9 Å². The van der Waals surface area contributed by atoms with E-state index in [-0.39, 0.29) is 18.2 Å². The van der Waals surface area contributed by atoms with Gasteiger partial charge in [-0.3, -0.25) is 0 Å². The lowest BCUT2D eigenvalue weighted by molar-refractivity contribution is 0.0512. The van der Waals surface area contributed by atoms with Crippen molar-refractivity contribution in [3.05, 3.63) is 53.3 Å². The van der Waals surface area contributed by atoms with Crippen LogP contribution in [-0.4, -0.2) is 27.7 Å². The van der Waals surface area contributed by atoms with Gasteiger partial charge in [0.05, 0.1) is 17.8 Å². The van der Waals surface area contributed by atoms with E-state index in [1.807, 2.05) is 18.2 Å². The Balaban J connectivity index is 2.11. The number of benzene rings is 2. The standard InChI is InChI=1S/C17H14ClN3O3/c1-2-24-17(23)16-19-12-6-4-3-5-11(12)15(21-16)20-13-9-10(18)7-8-14(13)22/h3-9,22H,2H2,1H3,(H,19,20,21). The molecule has 0 amide bonds. The van der Waals surface area contributed by atoms with E-state index < -0.39 is 5.97 Å². The monoisotopic (exact) mass is 343 g/mol. The van der Waals surface area contributed by atoms with Crippen molar-refractivity contribution in [1.82, 2.24) is 9.97 Å². The van der Waals surface area contributed by atoms with Crippen molar-refractivity contribution in [3.63, 3.8) is 0 Å². The van der Waals surface area contributed by atoms with Crippen LogP contribution in [0.4, 0.5) is 11.5 Å². The molecule has 3 rings (SSSR count). The minimum absolute atomic E-state index is 0.0137. The van der Waals surface area contributed by atoms with Gasteiger partial charge in [-0.05, 0) is 37.3 Å². The SMILES string of the molecule is CCOC(=O)c1nc(Nc2cc(Cl)ccc2O)c2ccccc2n1. The number of fused-ring (bicyclic) bond motifs is 1. The lowest BCUT2D eigenvalue weighted by Gasteiger charge is -2.12. The van der Waals surface area contributed by atoms with Crippen molar-refractivity contribution < 1.29 is 14.6 Å². The highest BCUT2D eigenvalue weighted by Crippen LogP contribution is 2.31. The van der Waals surface area contributed by atoms with Gasteiger partial charge >= 0.3 is 5.97 Å². The Morgan fingerprint density at radius 3 is 2.83 bits per heavy atom. The summed E-state index contributed by atoms with van der Waals surface area (Å²) in [6, 6.07) is 11.8. The molecule has 0 spiro atoms. The number of ether oxygens (including phenoxy) is 1. The van der Waals surface area contributed by atoms with Gasteiger partial charge in [0, 0.05) is 10.4 Å². The van der Waals surface area contributed by atoms with E-state index >= 15 is 0 Å². The van der Waals surface area contributed by atoms with Crippen LogP contribution >= 0.6 is 11.6 Å². The molecule has 7 heteroatoms. The Morgan fingerprint density at radius 2 is 2.04 bits per heavy atom. The second-order valence-electron chi connectivity index (χ2n) is 4.92. The number of hydrogen-bond acceptors (Lipinski definition) is 6. The highest BCUT2D eigenvalue weighted by Gasteiger charge is 2.15. The molecule has 122 valence electrons. The second kappa shape index (κ2) is 6.72. The second-order valence-corrected chi connectivity index (χ2v) is 5.36. The number of halogens is 1. The molecule has 0 saturated carbocycles. The van der Waals surface area contributed by atoms with Crippen LogP contribution in [0.3, 0.4) is 0 Å². The van der Waals surface area contributed by atoms with E-state index in [1.54, 1.807) is 25.1 Å². The molecule has 0 fully saturated rings. The predicted molar refractivity (Wildman–Crippen MR) is 91.9 cm³/mol. The van der Waals surface area contributed by atoms with E-state index in [4.69, 9.17) is 16.3 Å². The number of para-hydroxylation sites is 1. The van der Waals surface area contributed by atoms with Gasteiger partial charge in [0.1, 0.15) is 11.6 Å². The fourth-order valence-electron chi connectivity index (χ4n) is 2.19. The van der Waals surface area contributed by atoms with Gasteiger partial charge in [0.15, 0.2) is 0 Å². The molecule has 0 aliphatic carbocycles. The van der Waals surface area contributed by atoms with Gasteiger partial charge in [-0.15, -0.1) is 0 Å². The summed E-state index contributed by atoms with van der Waals surface area (Å²) in [5, 5.41) is 14.1. The first kappa shape index (κ1) is 16.0. The lowest BCUT2D eigenvalue weighted by Crippen LogP contribution is -2.11. The molecule has 0 aliphatic heterocycles. The first-order valence-electron chi connectivity index (χ1n) is 7.28. The molecule has 6 nitrogen and oxygen atoms in total. The summed E-state index contributed by atoms with van der Waals surface area (Å²) in [6.45, 7) is 1.94. The summed E-state index contributed by atoms with van der Waals surface area (Å²) in [5.74, 6) is -0.276. The molecule has 0 saturated heterocycles. The molecule has 0 aliphatic rings. The summed E-state index contributed by atoms with van der Waals surface area (Å²) in [5.41, 5.74) is 0.959. The Labute approximate surface area is 143 Å². The molecular formula is C17H14ClN3O3. The van der Waals surface area contributed by atoms with E-state index in [9.17, 15) is 9.90 Å². The minimum atomic E-state index is -0.610. The number of phenolic OH excluding ortho intramolecular Hbond substituents is 1. The number of esters is 1. The third-order valence-electron chi connectivity index (χ3n) is 3.27. The zero-order valence-corrected chi connectivity index (χ0v) is 13.5. The summed E-state index contributed by atoms with van der Waals surface area (Å²) in [4.78, 5) is 20.4. The van der Waals surface area contributed by atoms with E-state index in [1.165, 1.54) is 6.07 Å². The molecular weight excluding hydrogens is 330 g/mol. The fraction of sp³-hybridized carbons (Fsp3) is 0.118. The van der Waals surface area contributed by atoms with E-state index in [2.05, 4.69) is 15.3 Å². The lowest BCUT2D eigenvalue weighted by atomic mass is 10.2. The van der Waals surface area contributed by atoms with Gasteiger partial charge in [-0.25, -0.2) is 14.8 Å². The topological polar surface area (TPSA) is 84.3 Å². The minimum Gasteiger partial charge on any atom is -0.506 e. The summed E-state index contributed by atoms with van der Waals surface area (Å²) >= 11 is 5.97. The number of anilines is 2. The largest absolute Gasteiger partial charge is 0.506 e. The number of nitrogens with one attached hydrogen (secondary N) is 1. The first-order valence-corrected chi connectivity index (χ1v) is 7.65. The van der Waals surface area contributed by atoms with Crippen LogP contribution in [0.2, 0.25) is 5.02 Å². The maximum Gasteiger partial charge on any atom is 0.376 e. The van der Waals surface area contributed by atoms with Gasteiger partial charge in [0.25, 0.3) is 0 Å². The van der Waals surface area contributed by atoms with Crippen LogP contribution in [0.1, 0.15) is 17.5 Å². The highest BCUT2D eigenvalue weighted by molar-refractivity contribution is 6.31. The Morgan fingerprint density at radius 1 is 1.25 bits per heavy atom. The molecule has 0 atom stereocenters. The van der Waals surface area contributed by atoms with Crippen LogP contribution in [0.5, 0.6) is 5.75 Å². The zero-order chi connectivity index (χ0) is 17.1. The maximum absolute atomic E-state index is 12.0. The third kappa shape index (κ3) is 3.23. The number of aromatic nitrogens is 2. The summed E-state index contributed by atoms with van der Waals surface area (Å²) < 4.78 is 4.96. The van der Waals surface area contributed by atoms with Crippen molar-refractivity contribution in [3.8, 4) is 5.75 Å². The number of nitrogens with zero attached hydrogens (tertiary/aromatic N) is 2. The Bertz CT molecular complexity index is 915. The summed E-state index contributed by atoms with van der Waals surface area (Å²) in [7, 11) is 0. The average Bonchev–Trinajstić information content (AvgIpc) is 2.58. The maximum atomic E-state index is 12.0. The molecule has 24 heavy (non-hydrogen) atoms. The van der Waals surface area contributed by atoms with Crippen molar-refractivity contribution in [2.24, 2.45) is 0 Å². The van der Waals surface area contributed by atoms with Crippen molar-refractivity contribution in [2.75, 3.05) is 11.9 Å². The van der Waals surface area contributed by atoms with Crippen molar-refractivity contribution in [1.29, 1.82) is 0 Å². The van der Waals surface area contributed by atoms with Crippen molar-refractivity contribution >= 4 is 40.0 Å². The number of aromatic hydroxyl groups is 1. The van der Waals surface area contributed by atoms with Gasteiger partial charge < -0.3 is 15.2 Å². The third-order valence-corrected chi connectivity index (χ3v) is 3.51. The molecule has 1 heterocycles. The normalized spacial score (nSPS) is 10.6. The van der Waals surface area contributed by atoms with E-state index in [0.717, 1.165) is 0 Å². The zero-order valence-electron chi connectivity index (χ0n) is 12.8. The molecule has 3 aromatic rings. The molecule has 0 bridgehead atoms. The number of carbonyl (C=O) groups is 1. The summed E-state index contributed by atoms with van der Waals surface area (Å²) in [6.07, 6.45) is 0. The Kier molecular flexibility index (Phi) is 4.48. The number of phenols is 1. The van der Waals surface area contributed by atoms with Crippen molar-refractivity contribution in [2.45, 2.75) is 6.92 Å². The molecule has 2 aromatic carbocycles. The van der Waals surface area contributed by atoms with Gasteiger partial charge in [0.2, 0.25) is 5.82 Å². The smallest absolute Gasteiger partial charge is 0.376 e. The molecule has 0 radical (unpaired) electrons. The Hall–Kier alpha value is -2.86. The predicted octanol–water partition coefficient (Wildman–Crippen LogP) is 3.91. The number of carbonyl (C=O) groups excluding carboxylic acids is 1. The quantitative estimate of drug-likeness (QED) is 0.552. The molecule has 1 aromatic heterocycles. The van der Waals surface area contributed by atoms with Gasteiger partial charge in [-0.2, -0.15) is 0 Å². The molecule has 2 N–H and O–H groups in total. The van der Waals surface area contributed by atoms with Crippen LogP contribution in [-0.2, 0) is 4.74 Å². The van der Waals surface area contributed by atoms with Crippen LogP contribution in [0, 0.1) is 0 Å². The van der Waals surface area contributed by atoms with Gasteiger partial charge in [-0.1, -0.05) is 23.7 Å². The van der Waals surface area contributed by atoms with Crippen LogP contribution < -0.4 is 5.32 Å². The molecule has 0 unspecified atom stereocenters. The van der Waals surface area contributed by atoms with Crippen LogP contribution in [0.15, 0.2) is 42.5 Å². The fourth-order valence-corrected chi connectivity index (χ4v) is 2.37. The number of hydrogen-bond donors (Lipinski definition) is 2. The highest BCUT2D eigenvalue weighted by atomic mass is 35.5. The number of rotatable bonds is 4. The average molecular weight is 344 g/mol. The van der Waals surface area contributed by atoms with E-state index in [0.29, 0.717) is 27.4 Å². The first-order chi connectivity index (χ1) is 11.6.